The average Bonchev–Trinajstić information content (AvgIpc) is 1.89. The van der Waals surface area contributed by atoms with E-state index in [-0.39, 0.29) is 0 Å². The van der Waals surface area contributed by atoms with Crippen LogP contribution in [0, 0.1) is 0 Å². The number of hydrogen-bond acceptors (Lipinski definition) is 1. The molecular weight excluding hydrogens is 130 g/mol. The molecule has 0 atom stereocenters. The Hall–Kier alpha value is -0.600. The smallest absolute Gasteiger partial charge is 0.0421 e. The van der Waals surface area contributed by atoms with E-state index in [2.05, 4.69) is 0 Å². The summed E-state index contributed by atoms with van der Waals surface area (Å²) in [6.07, 6.45) is 0. The SMILES string of the molecule is NCc1ccccc1[S]. The van der Waals surface area contributed by atoms with Gasteiger partial charge in [-0.05, 0) is 11.6 Å². The Labute approximate surface area is 60.3 Å². The van der Waals surface area contributed by atoms with Crippen LogP contribution in [0.2, 0.25) is 0 Å². The fraction of sp³-hybridized carbons (Fsp3) is 0.143. The van der Waals surface area contributed by atoms with Crippen molar-refractivity contribution in [2.75, 3.05) is 0 Å². The molecule has 1 aromatic carbocycles. The lowest BCUT2D eigenvalue weighted by Crippen LogP contribution is -1.96. The standard InChI is InChI=1S/C7H8NS/c8-5-6-3-1-2-4-7(6)9/h1-4H,5,8H2. The van der Waals surface area contributed by atoms with E-state index in [1.807, 2.05) is 24.3 Å². The highest BCUT2D eigenvalue weighted by Crippen LogP contribution is 2.10. The zero-order valence-corrected chi connectivity index (χ0v) is 5.82. The molecule has 47 valence electrons. The summed E-state index contributed by atoms with van der Waals surface area (Å²) in [4.78, 5) is 0.861. The van der Waals surface area contributed by atoms with Crippen LogP contribution in [-0.2, 0) is 6.54 Å². The van der Waals surface area contributed by atoms with E-state index < -0.39 is 0 Å². The van der Waals surface area contributed by atoms with Gasteiger partial charge < -0.3 is 5.73 Å². The molecule has 0 spiro atoms. The van der Waals surface area contributed by atoms with E-state index in [4.69, 9.17) is 18.4 Å². The Morgan fingerprint density at radius 2 is 2.00 bits per heavy atom. The van der Waals surface area contributed by atoms with E-state index in [9.17, 15) is 0 Å². The summed E-state index contributed by atoms with van der Waals surface area (Å²) in [5, 5.41) is 0. The van der Waals surface area contributed by atoms with Crippen molar-refractivity contribution in [3.8, 4) is 0 Å². The van der Waals surface area contributed by atoms with Gasteiger partial charge in [-0.15, -0.1) is 0 Å². The predicted octanol–water partition coefficient (Wildman–Crippen LogP) is 1.70. The van der Waals surface area contributed by atoms with Gasteiger partial charge in [0.15, 0.2) is 0 Å². The van der Waals surface area contributed by atoms with Crippen LogP contribution >= 0.6 is 12.6 Å². The van der Waals surface area contributed by atoms with Gasteiger partial charge in [-0.3, -0.25) is 0 Å². The third kappa shape index (κ3) is 1.40. The Kier molecular flexibility index (Phi) is 2.03. The lowest BCUT2D eigenvalue weighted by atomic mass is 10.2. The first-order valence-electron chi connectivity index (χ1n) is 2.79. The molecule has 2 N–H and O–H groups in total. The maximum Gasteiger partial charge on any atom is 0.0421 e. The monoisotopic (exact) mass is 138 g/mol. The van der Waals surface area contributed by atoms with Gasteiger partial charge in [0.2, 0.25) is 0 Å². The normalized spacial score (nSPS) is 9.44. The predicted molar refractivity (Wildman–Crippen MR) is 40.2 cm³/mol. The minimum atomic E-state index is 0.541. The highest BCUT2D eigenvalue weighted by atomic mass is 32.1. The van der Waals surface area contributed by atoms with Gasteiger partial charge in [-0.1, -0.05) is 30.8 Å². The Morgan fingerprint density at radius 1 is 1.33 bits per heavy atom. The fourth-order valence-electron chi connectivity index (χ4n) is 0.672. The summed E-state index contributed by atoms with van der Waals surface area (Å²) >= 11 is 4.97. The van der Waals surface area contributed by atoms with E-state index in [1.54, 1.807) is 0 Å². The Morgan fingerprint density at radius 3 is 2.44 bits per heavy atom. The van der Waals surface area contributed by atoms with Crippen LogP contribution in [-0.4, -0.2) is 0 Å². The number of hydrogen-bond donors (Lipinski definition) is 1. The number of rotatable bonds is 1. The minimum absolute atomic E-state index is 0.541. The molecule has 2 heteroatoms. The van der Waals surface area contributed by atoms with E-state index in [0.29, 0.717) is 6.54 Å². The fourth-order valence-corrected chi connectivity index (χ4v) is 0.902. The molecule has 0 saturated heterocycles. The highest BCUT2D eigenvalue weighted by Gasteiger charge is 1.92. The minimum Gasteiger partial charge on any atom is -0.326 e. The molecule has 0 heterocycles. The van der Waals surface area contributed by atoms with Crippen LogP contribution in [0.4, 0.5) is 0 Å². The maximum absolute atomic E-state index is 5.38. The number of nitrogens with two attached hydrogens (primary N) is 1. The van der Waals surface area contributed by atoms with Crippen molar-refractivity contribution in [1.82, 2.24) is 0 Å². The molecule has 1 rings (SSSR count). The lowest BCUT2D eigenvalue weighted by molar-refractivity contribution is 1.03. The second kappa shape index (κ2) is 2.80. The van der Waals surface area contributed by atoms with Crippen molar-refractivity contribution < 1.29 is 0 Å². The summed E-state index contributed by atoms with van der Waals surface area (Å²) in [7, 11) is 0. The second-order valence-corrected chi connectivity index (χ2v) is 2.25. The van der Waals surface area contributed by atoms with E-state index in [0.717, 1.165) is 10.5 Å². The molecule has 9 heavy (non-hydrogen) atoms. The molecule has 0 bridgehead atoms. The first-order chi connectivity index (χ1) is 4.34. The number of benzene rings is 1. The quantitative estimate of drug-likeness (QED) is 0.628. The van der Waals surface area contributed by atoms with Crippen LogP contribution < -0.4 is 5.73 Å². The van der Waals surface area contributed by atoms with E-state index in [1.165, 1.54) is 0 Å². The van der Waals surface area contributed by atoms with Crippen LogP contribution in [0.5, 0.6) is 0 Å². The van der Waals surface area contributed by atoms with Crippen LogP contribution in [0.3, 0.4) is 0 Å². The zero-order chi connectivity index (χ0) is 6.69. The van der Waals surface area contributed by atoms with Gasteiger partial charge in [0.05, 0.1) is 0 Å². The van der Waals surface area contributed by atoms with E-state index >= 15 is 0 Å². The van der Waals surface area contributed by atoms with Gasteiger partial charge in [0, 0.05) is 11.4 Å². The first kappa shape index (κ1) is 6.52. The topological polar surface area (TPSA) is 26.0 Å². The summed E-state index contributed by atoms with van der Waals surface area (Å²) in [6.45, 7) is 0.541. The summed E-state index contributed by atoms with van der Waals surface area (Å²) in [5.41, 5.74) is 6.43. The second-order valence-electron chi connectivity index (χ2n) is 1.81. The van der Waals surface area contributed by atoms with Crippen molar-refractivity contribution in [2.24, 2.45) is 5.73 Å². The Balaban J connectivity index is 3.01. The zero-order valence-electron chi connectivity index (χ0n) is 5.00. The van der Waals surface area contributed by atoms with Crippen LogP contribution in [0.15, 0.2) is 29.2 Å². The summed E-state index contributed by atoms with van der Waals surface area (Å²) in [5.74, 6) is 0. The van der Waals surface area contributed by atoms with Crippen LogP contribution in [0.25, 0.3) is 0 Å². The van der Waals surface area contributed by atoms with Gasteiger partial charge in [-0.25, -0.2) is 0 Å². The van der Waals surface area contributed by atoms with Crippen molar-refractivity contribution in [3.05, 3.63) is 29.8 Å². The van der Waals surface area contributed by atoms with Gasteiger partial charge in [0.1, 0.15) is 0 Å². The first-order valence-corrected chi connectivity index (χ1v) is 3.20. The maximum atomic E-state index is 5.38. The summed E-state index contributed by atoms with van der Waals surface area (Å²) in [6, 6.07) is 7.69. The molecular formula is C7H8NS. The average molecular weight is 138 g/mol. The molecule has 1 nitrogen and oxygen atoms in total. The molecule has 0 aromatic heterocycles. The van der Waals surface area contributed by atoms with Crippen molar-refractivity contribution in [3.63, 3.8) is 0 Å². The lowest BCUT2D eigenvalue weighted by Gasteiger charge is -1.96. The molecule has 0 fully saturated rings. The molecule has 0 aliphatic carbocycles. The molecule has 0 amide bonds. The van der Waals surface area contributed by atoms with Crippen molar-refractivity contribution in [2.45, 2.75) is 11.4 Å². The molecule has 1 aromatic rings. The largest absolute Gasteiger partial charge is 0.326 e. The van der Waals surface area contributed by atoms with Crippen molar-refractivity contribution >= 4 is 12.6 Å². The van der Waals surface area contributed by atoms with Gasteiger partial charge in [-0.2, -0.15) is 0 Å². The van der Waals surface area contributed by atoms with Gasteiger partial charge in [0.25, 0.3) is 0 Å². The third-order valence-corrected chi connectivity index (χ3v) is 1.59. The Bertz CT molecular complexity index is 198. The van der Waals surface area contributed by atoms with Crippen molar-refractivity contribution in [1.29, 1.82) is 0 Å². The third-order valence-electron chi connectivity index (χ3n) is 1.19. The molecule has 0 saturated carbocycles. The molecule has 1 radical (unpaired) electrons. The highest BCUT2D eigenvalue weighted by molar-refractivity contribution is 7.80. The summed E-state index contributed by atoms with van der Waals surface area (Å²) < 4.78 is 0. The molecule has 0 aliphatic rings. The van der Waals surface area contributed by atoms with Gasteiger partial charge >= 0.3 is 0 Å². The van der Waals surface area contributed by atoms with Crippen LogP contribution in [0.1, 0.15) is 5.56 Å². The molecule has 0 aliphatic heterocycles. The molecule has 0 unspecified atom stereocenters.